The second-order valence-electron chi connectivity index (χ2n) is 13.1. The molecule has 3 heterocycles. The summed E-state index contributed by atoms with van der Waals surface area (Å²) in [6.07, 6.45) is 3.77. The van der Waals surface area contributed by atoms with Crippen LogP contribution in [0.1, 0.15) is 0 Å². The molecule has 0 aliphatic carbocycles. The van der Waals surface area contributed by atoms with E-state index < -0.39 is 0 Å². The van der Waals surface area contributed by atoms with Gasteiger partial charge >= 0.3 is 0 Å². The van der Waals surface area contributed by atoms with Crippen LogP contribution in [0.25, 0.3) is 99.5 Å². The summed E-state index contributed by atoms with van der Waals surface area (Å²) in [6, 6.07) is 59.4. The van der Waals surface area contributed by atoms with Crippen molar-refractivity contribution in [2.45, 2.75) is 0 Å². The molecule has 0 aliphatic heterocycles. The van der Waals surface area contributed by atoms with Gasteiger partial charge in [0.05, 0.1) is 22.8 Å². The molecule has 0 bridgehead atoms. The van der Waals surface area contributed by atoms with E-state index in [4.69, 9.17) is 19.9 Å². The first kappa shape index (κ1) is 29.8. The van der Waals surface area contributed by atoms with E-state index in [-0.39, 0.29) is 0 Å². The van der Waals surface area contributed by atoms with Crippen LogP contribution in [0.4, 0.5) is 0 Å². The van der Waals surface area contributed by atoms with Crippen molar-refractivity contribution in [1.29, 1.82) is 0 Å². The van der Waals surface area contributed by atoms with Gasteiger partial charge in [0, 0.05) is 51.0 Å². The number of aromatic nitrogens is 4. The summed E-state index contributed by atoms with van der Waals surface area (Å²) in [5.41, 5.74) is 8.50. The number of pyridine rings is 2. The van der Waals surface area contributed by atoms with Gasteiger partial charge in [0.2, 0.25) is 0 Å². The van der Waals surface area contributed by atoms with Crippen LogP contribution < -0.4 is 0 Å². The Bertz CT molecular complexity index is 2560. The van der Waals surface area contributed by atoms with Gasteiger partial charge in [0.15, 0.2) is 5.82 Å². The van der Waals surface area contributed by atoms with Crippen molar-refractivity contribution in [2.24, 2.45) is 0 Å². The van der Waals surface area contributed by atoms with Crippen LogP contribution in [0.15, 0.2) is 182 Å². The Morgan fingerprint density at radius 1 is 0.308 bits per heavy atom. The molecule has 0 saturated carbocycles. The second-order valence-corrected chi connectivity index (χ2v) is 13.1. The number of hydrogen-bond donors (Lipinski definition) is 0. The van der Waals surface area contributed by atoms with E-state index in [0.717, 1.165) is 82.9 Å². The summed E-state index contributed by atoms with van der Waals surface area (Å²) in [5.74, 6) is 0.636. The van der Waals surface area contributed by atoms with Crippen molar-refractivity contribution in [3.05, 3.63) is 182 Å². The number of fused-ring (bicyclic) bond motifs is 4. The van der Waals surface area contributed by atoms with Crippen LogP contribution >= 0.6 is 0 Å². The summed E-state index contributed by atoms with van der Waals surface area (Å²) < 4.78 is 0. The van der Waals surface area contributed by atoms with Crippen LogP contribution in [0.5, 0.6) is 0 Å². The quantitative estimate of drug-likeness (QED) is 0.184. The number of benzene rings is 7. The van der Waals surface area contributed by atoms with Gasteiger partial charge in [0.1, 0.15) is 0 Å². The molecule has 242 valence electrons. The maximum atomic E-state index is 5.37. The predicted molar refractivity (Wildman–Crippen MR) is 215 cm³/mol. The van der Waals surface area contributed by atoms with E-state index in [0.29, 0.717) is 5.82 Å². The molecular formula is C48H30N4. The lowest BCUT2D eigenvalue weighted by molar-refractivity contribution is 1.19. The number of hydrogen-bond acceptors (Lipinski definition) is 4. The summed E-state index contributed by atoms with van der Waals surface area (Å²) in [6.45, 7) is 0. The monoisotopic (exact) mass is 662 g/mol. The van der Waals surface area contributed by atoms with Crippen LogP contribution in [0, 0.1) is 0 Å². The topological polar surface area (TPSA) is 51.6 Å². The number of nitrogens with zero attached hydrogens (tertiary/aromatic N) is 4. The van der Waals surface area contributed by atoms with E-state index in [2.05, 4.69) is 170 Å². The fourth-order valence-corrected chi connectivity index (χ4v) is 7.48. The molecule has 10 rings (SSSR count). The first-order valence-electron chi connectivity index (χ1n) is 17.5. The van der Waals surface area contributed by atoms with Crippen molar-refractivity contribution >= 4 is 43.1 Å². The van der Waals surface area contributed by atoms with Gasteiger partial charge in [-0.05, 0) is 68.7 Å². The fraction of sp³-hybridized carbons (Fsp3) is 0. The first-order valence-corrected chi connectivity index (χ1v) is 17.5. The third-order valence-electron chi connectivity index (χ3n) is 9.94. The Balaban J connectivity index is 1.28. The smallest absolute Gasteiger partial charge is 0.160 e. The second kappa shape index (κ2) is 12.4. The molecule has 52 heavy (non-hydrogen) atoms. The molecule has 4 heteroatoms. The maximum absolute atomic E-state index is 5.37. The summed E-state index contributed by atoms with van der Waals surface area (Å²) in [7, 11) is 0. The lowest BCUT2D eigenvalue weighted by Gasteiger charge is -2.15. The van der Waals surface area contributed by atoms with E-state index in [9.17, 15) is 0 Å². The van der Waals surface area contributed by atoms with Gasteiger partial charge in [0.25, 0.3) is 0 Å². The van der Waals surface area contributed by atoms with Gasteiger partial charge in [-0.3, -0.25) is 9.97 Å². The molecule has 0 aliphatic rings. The van der Waals surface area contributed by atoms with Gasteiger partial charge in [-0.1, -0.05) is 133 Å². The average Bonchev–Trinajstić information content (AvgIpc) is 3.22. The molecule has 10 aromatic rings. The molecule has 0 amide bonds. The molecule has 0 saturated heterocycles. The zero-order valence-electron chi connectivity index (χ0n) is 28.1. The minimum atomic E-state index is 0.636. The Morgan fingerprint density at radius 2 is 0.692 bits per heavy atom. The Hall–Kier alpha value is -7.04. The van der Waals surface area contributed by atoms with Crippen LogP contribution in [-0.4, -0.2) is 19.9 Å². The molecule has 0 spiro atoms. The van der Waals surface area contributed by atoms with Crippen LogP contribution in [-0.2, 0) is 0 Å². The molecule has 0 N–H and O–H groups in total. The third kappa shape index (κ3) is 5.17. The first-order chi connectivity index (χ1) is 25.8. The molecule has 0 fully saturated rings. The Morgan fingerprint density at radius 3 is 1.17 bits per heavy atom. The molecule has 4 nitrogen and oxygen atoms in total. The van der Waals surface area contributed by atoms with Crippen molar-refractivity contribution in [3.8, 4) is 56.4 Å². The van der Waals surface area contributed by atoms with Gasteiger partial charge in [-0.25, -0.2) is 9.97 Å². The van der Waals surface area contributed by atoms with Gasteiger partial charge < -0.3 is 0 Å². The maximum Gasteiger partial charge on any atom is 0.160 e. The molecule has 0 atom stereocenters. The lowest BCUT2D eigenvalue weighted by atomic mass is 9.95. The van der Waals surface area contributed by atoms with Gasteiger partial charge in [-0.15, -0.1) is 0 Å². The summed E-state index contributed by atoms with van der Waals surface area (Å²) >= 11 is 0. The van der Waals surface area contributed by atoms with E-state index >= 15 is 0 Å². The highest BCUT2D eigenvalue weighted by atomic mass is 14.9. The van der Waals surface area contributed by atoms with E-state index in [1.165, 1.54) is 10.8 Å². The standard InChI is InChI=1S/C48H30N4/c1-5-17-38-31(11-1)15-9-21-42(38)44-30-45(43-22-10-16-32-12-2-6-18-39(32)43)52-48(51-44)37-28-35(46-40-19-7-3-13-33(40)23-25-49-46)27-36(29-37)47-41-20-8-4-14-34(41)24-26-50-47/h1-30H. The van der Waals surface area contributed by atoms with Crippen molar-refractivity contribution < 1.29 is 0 Å². The summed E-state index contributed by atoms with van der Waals surface area (Å²) in [5, 5.41) is 9.06. The molecule has 0 radical (unpaired) electrons. The predicted octanol–water partition coefficient (Wildman–Crippen LogP) is 12.2. The van der Waals surface area contributed by atoms with Crippen LogP contribution in [0.3, 0.4) is 0 Å². The molecule has 3 aromatic heterocycles. The summed E-state index contributed by atoms with van der Waals surface area (Å²) in [4.78, 5) is 20.6. The van der Waals surface area contributed by atoms with Crippen molar-refractivity contribution in [2.75, 3.05) is 0 Å². The zero-order valence-corrected chi connectivity index (χ0v) is 28.1. The lowest BCUT2D eigenvalue weighted by Crippen LogP contribution is -1.98. The molecule has 0 unspecified atom stereocenters. The number of rotatable bonds is 5. The van der Waals surface area contributed by atoms with E-state index in [1.807, 2.05) is 12.4 Å². The SMILES string of the molecule is c1ccc2c(-c3cc(-c4cccc5ccccc45)nc(-c4cc(-c5nccc6ccccc56)cc(-c5nccc6ccccc56)c4)n3)cccc2c1. The Kier molecular flexibility index (Phi) is 7.10. The molecule has 7 aromatic carbocycles. The van der Waals surface area contributed by atoms with Crippen LogP contribution in [0.2, 0.25) is 0 Å². The van der Waals surface area contributed by atoms with Crippen molar-refractivity contribution in [1.82, 2.24) is 19.9 Å². The average molecular weight is 663 g/mol. The van der Waals surface area contributed by atoms with E-state index in [1.54, 1.807) is 0 Å². The van der Waals surface area contributed by atoms with Crippen molar-refractivity contribution in [3.63, 3.8) is 0 Å². The highest BCUT2D eigenvalue weighted by molar-refractivity contribution is 6.01. The zero-order chi connectivity index (χ0) is 34.4. The minimum Gasteiger partial charge on any atom is -0.256 e. The third-order valence-corrected chi connectivity index (χ3v) is 9.94. The Labute approximate surface area is 300 Å². The highest BCUT2D eigenvalue weighted by Gasteiger charge is 2.18. The molecular weight excluding hydrogens is 633 g/mol. The fourth-order valence-electron chi connectivity index (χ4n) is 7.48. The highest BCUT2D eigenvalue weighted by Crippen LogP contribution is 2.38. The van der Waals surface area contributed by atoms with Gasteiger partial charge in [-0.2, -0.15) is 0 Å². The normalized spacial score (nSPS) is 11.5. The largest absolute Gasteiger partial charge is 0.256 e. The minimum absolute atomic E-state index is 0.636.